The Morgan fingerprint density at radius 2 is 2.25 bits per heavy atom. The summed E-state index contributed by atoms with van der Waals surface area (Å²) in [5.41, 5.74) is 1.80. The highest BCUT2D eigenvalue weighted by molar-refractivity contribution is 7.99. The number of fused-ring (bicyclic) bond motifs is 1. The summed E-state index contributed by atoms with van der Waals surface area (Å²) in [6.45, 7) is 1.73. The molecule has 2 aromatic rings. The summed E-state index contributed by atoms with van der Waals surface area (Å²) in [5.74, 6) is 1.82. The first-order chi connectivity index (χ1) is 11.7. The molecular formula is C16H18N4O2S2. The average molecular weight is 362 g/mol. The Morgan fingerprint density at radius 3 is 3.00 bits per heavy atom. The van der Waals surface area contributed by atoms with Crippen molar-refractivity contribution in [2.45, 2.75) is 44.8 Å². The lowest BCUT2D eigenvalue weighted by Crippen LogP contribution is -2.14. The molecule has 0 radical (unpaired) electrons. The van der Waals surface area contributed by atoms with Crippen molar-refractivity contribution < 1.29 is 9.32 Å². The third-order valence-electron chi connectivity index (χ3n) is 3.82. The van der Waals surface area contributed by atoms with E-state index in [1.807, 2.05) is 0 Å². The molecule has 1 aliphatic carbocycles. The Morgan fingerprint density at radius 1 is 1.42 bits per heavy atom. The summed E-state index contributed by atoms with van der Waals surface area (Å²) in [6, 6.07) is 2.28. The summed E-state index contributed by atoms with van der Waals surface area (Å²) >= 11 is 2.98. The zero-order valence-electron chi connectivity index (χ0n) is 13.4. The third-order valence-corrected chi connectivity index (χ3v) is 5.96. The Kier molecular flexibility index (Phi) is 5.53. The van der Waals surface area contributed by atoms with E-state index in [2.05, 4.69) is 21.5 Å². The number of anilines is 1. The summed E-state index contributed by atoms with van der Waals surface area (Å²) in [6.07, 6.45) is 5.44. The molecule has 0 bridgehead atoms. The minimum absolute atomic E-state index is 0.104. The van der Waals surface area contributed by atoms with Crippen molar-refractivity contribution in [2.24, 2.45) is 0 Å². The van der Waals surface area contributed by atoms with Gasteiger partial charge in [0, 0.05) is 11.8 Å². The number of carbonyl (C=O) groups is 1. The molecule has 1 N–H and O–H groups in total. The van der Waals surface area contributed by atoms with Gasteiger partial charge < -0.3 is 9.84 Å². The van der Waals surface area contributed by atoms with Gasteiger partial charge in [-0.1, -0.05) is 11.6 Å². The molecule has 0 saturated heterocycles. The van der Waals surface area contributed by atoms with Crippen LogP contribution in [0.15, 0.2) is 4.52 Å². The Balaban J connectivity index is 1.59. The Labute approximate surface area is 148 Å². The van der Waals surface area contributed by atoms with Gasteiger partial charge in [-0.2, -0.15) is 10.2 Å². The quantitative estimate of drug-likeness (QED) is 0.819. The second-order valence-corrected chi connectivity index (χ2v) is 7.74. The molecule has 0 unspecified atom stereocenters. The van der Waals surface area contributed by atoms with E-state index in [4.69, 9.17) is 4.52 Å². The number of amides is 1. The van der Waals surface area contributed by atoms with Gasteiger partial charge in [-0.05, 0) is 31.2 Å². The second-order valence-electron chi connectivity index (χ2n) is 5.65. The third kappa shape index (κ3) is 3.97. The topological polar surface area (TPSA) is 91.8 Å². The molecule has 0 spiro atoms. The fraction of sp³-hybridized carbons (Fsp3) is 0.500. The van der Waals surface area contributed by atoms with Crippen molar-refractivity contribution in [3.05, 3.63) is 27.7 Å². The van der Waals surface area contributed by atoms with Gasteiger partial charge in [0.05, 0.1) is 17.1 Å². The van der Waals surface area contributed by atoms with Crippen LogP contribution in [0.3, 0.4) is 0 Å². The molecular weight excluding hydrogens is 344 g/mol. The fourth-order valence-electron chi connectivity index (χ4n) is 2.75. The van der Waals surface area contributed by atoms with E-state index in [-0.39, 0.29) is 5.91 Å². The number of carbonyl (C=O) groups excluding carboxylic acids is 1. The van der Waals surface area contributed by atoms with Gasteiger partial charge in [-0.15, -0.1) is 23.1 Å². The maximum absolute atomic E-state index is 12.2. The normalized spacial score (nSPS) is 13.8. The van der Waals surface area contributed by atoms with Gasteiger partial charge in [-0.3, -0.25) is 4.79 Å². The Hall–Kier alpha value is -1.85. The highest BCUT2D eigenvalue weighted by atomic mass is 32.2. The van der Waals surface area contributed by atoms with E-state index in [0.717, 1.165) is 31.2 Å². The van der Waals surface area contributed by atoms with Crippen LogP contribution in [0.1, 0.15) is 47.0 Å². The zero-order chi connectivity index (χ0) is 16.9. The highest BCUT2D eigenvalue weighted by Gasteiger charge is 2.20. The molecule has 6 nitrogen and oxygen atoms in total. The molecule has 126 valence electrons. The van der Waals surface area contributed by atoms with Gasteiger partial charge >= 0.3 is 0 Å². The van der Waals surface area contributed by atoms with E-state index in [9.17, 15) is 10.1 Å². The number of nitrogens with zero attached hydrogens (tertiary/aromatic N) is 3. The smallest absolute Gasteiger partial charge is 0.235 e. The number of nitrogens with one attached hydrogen (secondary N) is 1. The molecule has 1 aliphatic rings. The first-order valence-corrected chi connectivity index (χ1v) is 9.86. The minimum atomic E-state index is -0.104. The number of thioether (sulfide) groups is 1. The van der Waals surface area contributed by atoms with Gasteiger partial charge in [0.25, 0.3) is 0 Å². The fourth-order valence-corrected chi connectivity index (χ4v) is 4.66. The van der Waals surface area contributed by atoms with E-state index < -0.39 is 0 Å². The second kappa shape index (κ2) is 7.81. The molecule has 0 aromatic carbocycles. The monoisotopic (exact) mass is 362 g/mol. The van der Waals surface area contributed by atoms with Crippen LogP contribution >= 0.6 is 23.1 Å². The van der Waals surface area contributed by atoms with Crippen LogP contribution in [0.4, 0.5) is 5.00 Å². The van der Waals surface area contributed by atoms with Gasteiger partial charge in [0.15, 0.2) is 5.82 Å². The van der Waals surface area contributed by atoms with Crippen LogP contribution in [0, 0.1) is 18.3 Å². The molecule has 8 heteroatoms. The maximum Gasteiger partial charge on any atom is 0.235 e. The minimum Gasteiger partial charge on any atom is -0.340 e. The van der Waals surface area contributed by atoms with Crippen molar-refractivity contribution in [1.29, 1.82) is 5.26 Å². The molecule has 3 rings (SSSR count). The van der Waals surface area contributed by atoms with Crippen LogP contribution in [0.2, 0.25) is 0 Å². The van der Waals surface area contributed by atoms with Gasteiger partial charge in [0.2, 0.25) is 11.8 Å². The number of nitriles is 1. The van der Waals surface area contributed by atoms with Crippen LogP contribution in [-0.4, -0.2) is 21.8 Å². The summed E-state index contributed by atoms with van der Waals surface area (Å²) in [4.78, 5) is 17.5. The molecule has 2 heterocycles. The Bertz CT molecular complexity index is 776. The van der Waals surface area contributed by atoms with Crippen molar-refractivity contribution >= 4 is 34.0 Å². The largest absolute Gasteiger partial charge is 0.340 e. The average Bonchev–Trinajstić information content (AvgIpc) is 3.02. The van der Waals surface area contributed by atoms with E-state index >= 15 is 0 Å². The first kappa shape index (κ1) is 17.0. The maximum atomic E-state index is 12.2. The molecule has 24 heavy (non-hydrogen) atoms. The predicted molar refractivity (Wildman–Crippen MR) is 94.1 cm³/mol. The van der Waals surface area contributed by atoms with E-state index in [0.29, 0.717) is 33.8 Å². The molecule has 0 saturated carbocycles. The number of rotatable bonds is 5. The number of hydrogen-bond acceptors (Lipinski definition) is 7. The van der Waals surface area contributed by atoms with Gasteiger partial charge in [-0.25, -0.2) is 0 Å². The summed E-state index contributed by atoms with van der Waals surface area (Å²) in [5, 5.41) is 16.9. The van der Waals surface area contributed by atoms with E-state index in [1.54, 1.807) is 18.3 Å². The van der Waals surface area contributed by atoms with Crippen molar-refractivity contribution in [2.75, 3.05) is 11.1 Å². The van der Waals surface area contributed by atoms with Crippen LogP contribution in [0.25, 0.3) is 0 Å². The van der Waals surface area contributed by atoms with Gasteiger partial charge in [0.1, 0.15) is 11.1 Å². The van der Waals surface area contributed by atoms with Crippen molar-refractivity contribution in [1.82, 2.24) is 10.1 Å². The van der Waals surface area contributed by atoms with Crippen molar-refractivity contribution in [3.63, 3.8) is 0 Å². The highest BCUT2D eigenvalue weighted by Crippen LogP contribution is 2.37. The first-order valence-electron chi connectivity index (χ1n) is 7.89. The lowest BCUT2D eigenvalue weighted by Gasteiger charge is -2.03. The lowest BCUT2D eigenvalue weighted by atomic mass is 10.1. The summed E-state index contributed by atoms with van der Waals surface area (Å²) in [7, 11) is 0. The van der Waals surface area contributed by atoms with Crippen LogP contribution in [0.5, 0.6) is 0 Å². The number of aromatic nitrogens is 2. The summed E-state index contributed by atoms with van der Waals surface area (Å²) < 4.78 is 4.90. The number of hydrogen-bond donors (Lipinski definition) is 1. The predicted octanol–water partition coefficient (Wildman–Crippen LogP) is 3.45. The van der Waals surface area contributed by atoms with Crippen LogP contribution < -0.4 is 5.32 Å². The number of thiophene rings is 1. The molecule has 1 amide bonds. The van der Waals surface area contributed by atoms with E-state index in [1.165, 1.54) is 23.1 Å². The zero-order valence-corrected chi connectivity index (χ0v) is 15.1. The molecule has 0 fully saturated rings. The molecule has 0 aliphatic heterocycles. The standard InChI is InChI=1S/C16H18N4O2S2/c1-10-18-14(20-22-10)8-23-9-15(21)19-16-12(7-17)11-5-3-2-4-6-13(11)24-16/h2-6,8-9H2,1H3,(H,19,21). The number of aryl methyl sites for hydroxylation is 2. The molecule has 0 atom stereocenters. The van der Waals surface area contributed by atoms with Crippen LogP contribution in [-0.2, 0) is 23.4 Å². The molecule has 2 aromatic heterocycles. The lowest BCUT2D eigenvalue weighted by molar-refractivity contribution is -0.113. The SMILES string of the molecule is Cc1nc(CSCC(=O)Nc2sc3c(c2C#N)CCCCC3)no1. The van der Waals surface area contributed by atoms with Crippen molar-refractivity contribution in [3.8, 4) is 6.07 Å².